The molecule has 1 aromatic heterocycles. The largest absolute Gasteiger partial charge is 0.378 e. The molecule has 1 saturated carbocycles. The molecular weight excluding hydrogens is 330 g/mol. The van der Waals surface area contributed by atoms with Crippen molar-refractivity contribution < 1.29 is 9.53 Å². The van der Waals surface area contributed by atoms with Crippen LogP contribution in [-0.4, -0.2) is 38.9 Å². The van der Waals surface area contributed by atoms with Crippen LogP contribution in [0.4, 0.5) is 0 Å². The minimum Gasteiger partial charge on any atom is -0.378 e. The van der Waals surface area contributed by atoms with Gasteiger partial charge in [-0.3, -0.25) is 4.79 Å². The monoisotopic (exact) mass is 357 g/mol. The Kier molecular flexibility index (Phi) is 5.11. The van der Waals surface area contributed by atoms with Crippen molar-refractivity contribution in [3.05, 3.63) is 48.0 Å². The van der Waals surface area contributed by atoms with Gasteiger partial charge < -0.3 is 15.8 Å². The Hall–Kier alpha value is -2.25. The Labute approximate surface area is 153 Å². The lowest BCUT2D eigenvalue weighted by Crippen LogP contribution is -2.75. The van der Waals surface area contributed by atoms with E-state index in [9.17, 15) is 4.79 Å². The lowest BCUT2D eigenvalue weighted by atomic mass is 9.54. The standard InChI is InChI=1S/C19H27N5O2/c1-4-26-16-9-19(20,18(16,2)3)17(25)22-10-14-5-7-15(8-6-14)11-24-13-21-12-23-24/h5-8,12-13,16H,4,9-11,20H2,1-3H3,(H,22,25). The highest BCUT2D eigenvalue weighted by Crippen LogP contribution is 2.49. The van der Waals surface area contributed by atoms with Crippen molar-refractivity contribution in [2.24, 2.45) is 11.1 Å². The Morgan fingerprint density at radius 1 is 1.35 bits per heavy atom. The van der Waals surface area contributed by atoms with Crippen LogP contribution >= 0.6 is 0 Å². The van der Waals surface area contributed by atoms with Gasteiger partial charge in [0, 0.05) is 25.0 Å². The number of nitrogens with two attached hydrogens (primary N) is 1. The molecule has 0 radical (unpaired) electrons. The normalized spacial score (nSPS) is 24.1. The second-order valence-corrected chi connectivity index (χ2v) is 7.43. The van der Waals surface area contributed by atoms with Crippen LogP contribution in [0.3, 0.4) is 0 Å². The Morgan fingerprint density at radius 2 is 2.04 bits per heavy atom. The van der Waals surface area contributed by atoms with Crippen LogP contribution in [0.25, 0.3) is 0 Å². The predicted molar refractivity (Wildman–Crippen MR) is 98.1 cm³/mol. The highest BCUT2D eigenvalue weighted by molar-refractivity contribution is 5.88. The first kappa shape index (κ1) is 18.5. The molecule has 3 N–H and O–H groups in total. The van der Waals surface area contributed by atoms with Gasteiger partial charge >= 0.3 is 0 Å². The summed E-state index contributed by atoms with van der Waals surface area (Å²) in [5.41, 5.74) is 7.29. The lowest BCUT2D eigenvalue weighted by Gasteiger charge is -2.57. The van der Waals surface area contributed by atoms with E-state index in [4.69, 9.17) is 10.5 Å². The average molecular weight is 357 g/mol. The number of carbonyl (C=O) groups excluding carboxylic acids is 1. The summed E-state index contributed by atoms with van der Waals surface area (Å²) < 4.78 is 7.45. The molecule has 0 spiro atoms. The number of ether oxygens (including phenoxy) is 1. The fraction of sp³-hybridized carbons (Fsp3) is 0.526. The van der Waals surface area contributed by atoms with Crippen LogP contribution < -0.4 is 11.1 Å². The highest BCUT2D eigenvalue weighted by Gasteiger charge is 2.62. The van der Waals surface area contributed by atoms with Crippen LogP contribution in [0.2, 0.25) is 0 Å². The zero-order chi connectivity index (χ0) is 18.8. The second kappa shape index (κ2) is 7.17. The quantitative estimate of drug-likeness (QED) is 0.782. The van der Waals surface area contributed by atoms with E-state index >= 15 is 0 Å². The van der Waals surface area contributed by atoms with Crippen LogP contribution in [-0.2, 0) is 22.6 Å². The number of aromatic nitrogens is 3. The van der Waals surface area contributed by atoms with Crippen molar-refractivity contribution in [2.75, 3.05) is 6.61 Å². The first-order valence-electron chi connectivity index (χ1n) is 8.96. The van der Waals surface area contributed by atoms with E-state index in [1.54, 1.807) is 11.0 Å². The summed E-state index contributed by atoms with van der Waals surface area (Å²) in [4.78, 5) is 16.6. The van der Waals surface area contributed by atoms with Crippen molar-refractivity contribution in [2.45, 2.75) is 51.9 Å². The van der Waals surface area contributed by atoms with E-state index in [1.807, 2.05) is 45.0 Å². The molecule has 140 valence electrons. The Morgan fingerprint density at radius 3 is 2.62 bits per heavy atom. The Bertz CT molecular complexity index is 742. The van der Waals surface area contributed by atoms with Gasteiger partial charge in [-0.25, -0.2) is 9.67 Å². The molecule has 2 atom stereocenters. The van der Waals surface area contributed by atoms with Gasteiger partial charge in [0.1, 0.15) is 18.2 Å². The minimum atomic E-state index is -0.889. The lowest BCUT2D eigenvalue weighted by molar-refractivity contribution is -0.170. The van der Waals surface area contributed by atoms with Crippen molar-refractivity contribution in [3.63, 3.8) is 0 Å². The van der Waals surface area contributed by atoms with Gasteiger partial charge in [0.25, 0.3) is 0 Å². The molecule has 1 heterocycles. The van der Waals surface area contributed by atoms with E-state index in [0.717, 1.165) is 11.1 Å². The van der Waals surface area contributed by atoms with Gasteiger partial charge in [0.15, 0.2) is 0 Å². The highest BCUT2D eigenvalue weighted by atomic mass is 16.5. The summed E-state index contributed by atoms with van der Waals surface area (Å²) in [6.45, 7) is 7.71. The molecule has 1 aromatic carbocycles. The zero-order valence-corrected chi connectivity index (χ0v) is 15.6. The average Bonchev–Trinajstić information content (AvgIpc) is 3.13. The molecule has 0 saturated heterocycles. The second-order valence-electron chi connectivity index (χ2n) is 7.43. The van der Waals surface area contributed by atoms with Gasteiger partial charge in [-0.1, -0.05) is 38.1 Å². The van der Waals surface area contributed by atoms with Crippen LogP contribution in [0.1, 0.15) is 38.3 Å². The number of benzene rings is 1. The number of hydrogen-bond acceptors (Lipinski definition) is 5. The molecule has 1 fully saturated rings. The van der Waals surface area contributed by atoms with E-state index in [0.29, 0.717) is 26.1 Å². The van der Waals surface area contributed by atoms with Gasteiger partial charge in [0.05, 0.1) is 12.6 Å². The molecular formula is C19H27N5O2. The third-order valence-electron chi connectivity index (χ3n) is 5.52. The zero-order valence-electron chi connectivity index (χ0n) is 15.6. The fourth-order valence-electron chi connectivity index (χ4n) is 3.42. The number of nitrogens with zero attached hydrogens (tertiary/aromatic N) is 3. The molecule has 7 heteroatoms. The first-order valence-corrected chi connectivity index (χ1v) is 8.96. The van der Waals surface area contributed by atoms with Crippen molar-refractivity contribution >= 4 is 5.91 Å². The third-order valence-corrected chi connectivity index (χ3v) is 5.52. The Balaban J connectivity index is 1.55. The molecule has 1 aliphatic rings. The molecule has 0 bridgehead atoms. The fourth-order valence-corrected chi connectivity index (χ4v) is 3.42. The van der Waals surface area contributed by atoms with Crippen LogP contribution in [0.15, 0.2) is 36.9 Å². The summed E-state index contributed by atoms with van der Waals surface area (Å²) in [6.07, 6.45) is 3.78. The number of rotatable bonds is 7. The maximum atomic E-state index is 12.7. The first-order chi connectivity index (χ1) is 12.4. The van der Waals surface area contributed by atoms with Crippen LogP contribution in [0, 0.1) is 5.41 Å². The summed E-state index contributed by atoms with van der Waals surface area (Å²) in [5.74, 6) is -0.120. The maximum absolute atomic E-state index is 12.7. The van der Waals surface area contributed by atoms with Crippen molar-refractivity contribution in [3.8, 4) is 0 Å². The molecule has 26 heavy (non-hydrogen) atoms. The van der Waals surface area contributed by atoms with Crippen molar-refractivity contribution in [1.82, 2.24) is 20.1 Å². The molecule has 2 unspecified atom stereocenters. The molecule has 0 aliphatic heterocycles. The predicted octanol–water partition coefficient (Wildman–Crippen LogP) is 1.48. The maximum Gasteiger partial charge on any atom is 0.241 e. The summed E-state index contributed by atoms with van der Waals surface area (Å²) in [5, 5.41) is 7.07. The summed E-state index contributed by atoms with van der Waals surface area (Å²) >= 11 is 0. The molecule has 3 rings (SSSR count). The minimum absolute atomic E-state index is 0.0271. The molecule has 7 nitrogen and oxygen atoms in total. The summed E-state index contributed by atoms with van der Waals surface area (Å²) in [7, 11) is 0. The van der Waals surface area contributed by atoms with Gasteiger partial charge in [-0.2, -0.15) is 5.10 Å². The van der Waals surface area contributed by atoms with E-state index in [2.05, 4.69) is 15.4 Å². The number of carbonyl (C=O) groups is 1. The smallest absolute Gasteiger partial charge is 0.241 e. The topological polar surface area (TPSA) is 95.1 Å². The SMILES string of the molecule is CCOC1CC(N)(C(=O)NCc2ccc(Cn3cncn3)cc2)C1(C)C. The van der Waals surface area contributed by atoms with E-state index in [-0.39, 0.29) is 17.4 Å². The van der Waals surface area contributed by atoms with Gasteiger partial charge in [-0.15, -0.1) is 0 Å². The number of hydrogen-bond donors (Lipinski definition) is 2. The third kappa shape index (κ3) is 3.37. The number of amides is 1. The van der Waals surface area contributed by atoms with E-state index in [1.165, 1.54) is 6.33 Å². The number of nitrogens with one attached hydrogen (secondary N) is 1. The van der Waals surface area contributed by atoms with Gasteiger partial charge in [-0.05, 0) is 18.1 Å². The molecule has 1 amide bonds. The molecule has 1 aliphatic carbocycles. The van der Waals surface area contributed by atoms with E-state index < -0.39 is 5.54 Å². The van der Waals surface area contributed by atoms with Gasteiger partial charge in [0.2, 0.25) is 5.91 Å². The van der Waals surface area contributed by atoms with Crippen LogP contribution in [0.5, 0.6) is 0 Å². The van der Waals surface area contributed by atoms with Crippen molar-refractivity contribution in [1.29, 1.82) is 0 Å². The molecule has 2 aromatic rings. The summed E-state index contributed by atoms with van der Waals surface area (Å²) in [6, 6.07) is 8.06.